The van der Waals surface area contributed by atoms with Gasteiger partial charge in [0.1, 0.15) is 11.5 Å². The third-order valence-corrected chi connectivity index (χ3v) is 3.71. The number of carbonyl (C=O) groups is 2. The highest BCUT2D eigenvalue weighted by Gasteiger charge is 2.13. The molecule has 7 heteroatoms. The molecule has 3 rings (SSSR count). The Morgan fingerprint density at radius 3 is 2.48 bits per heavy atom. The van der Waals surface area contributed by atoms with Gasteiger partial charge >= 0.3 is 5.97 Å². The van der Waals surface area contributed by atoms with Gasteiger partial charge in [0, 0.05) is 17.6 Å². The first-order chi connectivity index (χ1) is 13.1. The van der Waals surface area contributed by atoms with E-state index in [0.29, 0.717) is 22.6 Å². The summed E-state index contributed by atoms with van der Waals surface area (Å²) < 4.78 is 17.7. The van der Waals surface area contributed by atoms with E-state index in [9.17, 15) is 14.0 Å². The number of pyridine rings is 1. The smallest absolute Gasteiger partial charge is 0.339 e. The Labute approximate surface area is 155 Å². The van der Waals surface area contributed by atoms with Crippen molar-refractivity contribution in [3.05, 3.63) is 83.9 Å². The van der Waals surface area contributed by atoms with E-state index in [2.05, 4.69) is 15.6 Å². The second-order valence-electron chi connectivity index (χ2n) is 5.55. The summed E-state index contributed by atoms with van der Waals surface area (Å²) in [7, 11) is 1.31. The van der Waals surface area contributed by atoms with Crippen LogP contribution >= 0.6 is 0 Å². The third kappa shape index (κ3) is 4.46. The Bertz CT molecular complexity index is 974. The van der Waals surface area contributed by atoms with Gasteiger partial charge in [-0.2, -0.15) is 0 Å². The predicted octanol–water partition coefficient (Wildman–Crippen LogP) is 4.00. The number of anilines is 3. The highest BCUT2D eigenvalue weighted by Crippen LogP contribution is 2.22. The zero-order valence-electron chi connectivity index (χ0n) is 14.4. The van der Waals surface area contributed by atoms with Crippen LogP contribution in [0.4, 0.5) is 21.5 Å². The first kappa shape index (κ1) is 18.1. The maximum absolute atomic E-state index is 13.0. The number of rotatable bonds is 5. The van der Waals surface area contributed by atoms with Crippen molar-refractivity contribution in [1.29, 1.82) is 0 Å². The van der Waals surface area contributed by atoms with Crippen molar-refractivity contribution < 1.29 is 18.7 Å². The zero-order chi connectivity index (χ0) is 19.2. The summed E-state index contributed by atoms with van der Waals surface area (Å²) in [6, 6.07) is 15.5. The molecular weight excluding hydrogens is 349 g/mol. The number of nitrogens with one attached hydrogen (secondary N) is 2. The van der Waals surface area contributed by atoms with E-state index in [1.54, 1.807) is 36.4 Å². The Balaban J connectivity index is 1.79. The summed E-state index contributed by atoms with van der Waals surface area (Å²) >= 11 is 0. The number of hydrogen-bond acceptors (Lipinski definition) is 5. The lowest BCUT2D eigenvalue weighted by Crippen LogP contribution is -2.14. The molecule has 136 valence electrons. The highest BCUT2D eigenvalue weighted by atomic mass is 19.1. The molecule has 0 aliphatic carbocycles. The number of hydrogen-bond donors (Lipinski definition) is 2. The molecule has 0 saturated heterocycles. The molecule has 0 unspecified atom stereocenters. The van der Waals surface area contributed by atoms with E-state index in [4.69, 9.17) is 4.74 Å². The lowest BCUT2D eigenvalue weighted by Gasteiger charge is -2.11. The van der Waals surface area contributed by atoms with Gasteiger partial charge in [-0.15, -0.1) is 0 Å². The Morgan fingerprint density at radius 1 is 1.00 bits per heavy atom. The fraction of sp³-hybridized carbons (Fsp3) is 0.0500. The Hall–Kier alpha value is -3.74. The number of amides is 1. The van der Waals surface area contributed by atoms with Crippen LogP contribution in [0.3, 0.4) is 0 Å². The minimum absolute atomic E-state index is 0.167. The van der Waals surface area contributed by atoms with Crippen molar-refractivity contribution in [1.82, 2.24) is 4.98 Å². The van der Waals surface area contributed by atoms with Crippen LogP contribution in [-0.4, -0.2) is 24.0 Å². The van der Waals surface area contributed by atoms with Crippen LogP contribution in [0.25, 0.3) is 0 Å². The number of aromatic nitrogens is 1. The summed E-state index contributed by atoms with van der Waals surface area (Å²) in [4.78, 5) is 28.3. The van der Waals surface area contributed by atoms with E-state index in [1.807, 2.05) is 0 Å². The molecule has 2 aromatic carbocycles. The third-order valence-electron chi connectivity index (χ3n) is 3.71. The van der Waals surface area contributed by atoms with Gasteiger partial charge in [0.05, 0.1) is 18.4 Å². The van der Waals surface area contributed by atoms with Crippen LogP contribution < -0.4 is 10.6 Å². The van der Waals surface area contributed by atoms with Gasteiger partial charge in [-0.05, 0) is 48.5 Å². The summed E-state index contributed by atoms with van der Waals surface area (Å²) in [6.45, 7) is 0. The normalized spacial score (nSPS) is 10.1. The molecule has 1 aromatic heterocycles. The summed E-state index contributed by atoms with van der Waals surface area (Å²) in [5, 5.41) is 5.73. The monoisotopic (exact) mass is 365 g/mol. The van der Waals surface area contributed by atoms with E-state index in [-0.39, 0.29) is 11.5 Å². The number of benzene rings is 2. The summed E-state index contributed by atoms with van der Waals surface area (Å²) in [5.41, 5.74) is 2.11. The average Bonchev–Trinajstić information content (AvgIpc) is 2.70. The fourth-order valence-corrected chi connectivity index (χ4v) is 2.40. The van der Waals surface area contributed by atoms with Crippen molar-refractivity contribution in [3.8, 4) is 0 Å². The standard InChI is InChI=1S/C20H16FN3O3/c1-27-20(26)16-4-2-3-5-17(16)23-15-10-11-22-18(12-15)19(25)24-14-8-6-13(21)7-9-14/h2-12H,1H3,(H,22,23)(H,24,25). The predicted molar refractivity (Wildman–Crippen MR) is 99.7 cm³/mol. The number of esters is 1. The number of methoxy groups -OCH3 is 1. The lowest BCUT2D eigenvalue weighted by molar-refractivity contribution is 0.0601. The van der Waals surface area contributed by atoms with Gasteiger partial charge in [-0.1, -0.05) is 12.1 Å². The molecule has 2 N–H and O–H groups in total. The van der Waals surface area contributed by atoms with Crippen molar-refractivity contribution in [2.45, 2.75) is 0 Å². The topological polar surface area (TPSA) is 80.3 Å². The molecule has 6 nitrogen and oxygen atoms in total. The quantitative estimate of drug-likeness (QED) is 0.668. The molecule has 0 atom stereocenters. The van der Waals surface area contributed by atoms with Gasteiger partial charge in [0.25, 0.3) is 5.91 Å². The molecule has 0 fully saturated rings. The molecular formula is C20H16FN3O3. The molecule has 1 heterocycles. The average molecular weight is 365 g/mol. The molecule has 3 aromatic rings. The second-order valence-corrected chi connectivity index (χ2v) is 5.55. The summed E-state index contributed by atoms with van der Waals surface area (Å²) in [6.07, 6.45) is 1.47. The number of carbonyl (C=O) groups excluding carboxylic acids is 2. The number of nitrogens with zero attached hydrogens (tertiary/aromatic N) is 1. The van der Waals surface area contributed by atoms with Gasteiger partial charge in [0.15, 0.2) is 0 Å². The van der Waals surface area contributed by atoms with Crippen molar-refractivity contribution in [2.24, 2.45) is 0 Å². The highest BCUT2D eigenvalue weighted by molar-refractivity contribution is 6.03. The first-order valence-corrected chi connectivity index (χ1v) is 8.04. The van der Waals surface area contributed by atoms with E-state index in [1.165, 1.54) is 37.6 Å². The van der Waals surface area contributed by atoms with Crippen LogP contribution in [0.5, 0.6) is 0 Å². The molecule has 0 aliphatic rings. The van der Waals surface area contributed by atoms with Gasteiger partial charge in [0.2, 0.25) is 0 Å². The van der Waals surface area contributed by atoms with E-state index in [0.717, 1.165) is 0 Å². The van der Waals surface area contributed by atoms with Crippen molar-refractivity contribution in [2.75, 3.05) is 17.7 Å². The molecule has 1 amide bonds. The zero-order valence-corrected chi connectivity index (χ0v) is 14.4. The number of para-hydroxylation sites is 1. The van der Waals surface area contributed by atoms with Gasteiger partial charge < -0.3 is 15.4 Å². The second kappa shape index (κ2) is 8.09. The van der Waals surface area contributed by atoms with Crippen LogP contribution in [0.2, 0.25) is 0 Å². The number of halogens is 1. The minimum Gasteiger partial charge on any atom is -0.465 e. The van der Waals surface area contributed by atoms with E-state index >= 15 is 0 Å². The molecule has 0 radical (unpaired) electrons. The van der Waals surface area contributed by atoms with Crippen molar-refractivity contribution >= 4 is 28.9 Å². The molecule has 0 saturated carbocycles. The largest absolute Gasteiger partial charge is 0.465 e. The SMILES string of the molecule is COC(=O)c1ccccc1Nc1ccnc(C(=O)Nc2ccc(F)cc2)c1. The molecule has 0 bridgehead atoms. The van der Waals surface area contributed by atoms with Crippen LogP contribution in [0.1, 0.15) is 20.8 Å². The maximum Gasteiger partial charge on any atom is 0.339 e. The lowest BCUT2D eigenvalue weighted by atomic mass is 10.1. The van der Waals surface area contributed by atoms with E-state index < -0.39 is 11.9 Å². The minimum atomic E-state index is -0.471. The Kier molecular flexibility index (Phi) is 5.41. The molecule has 0 aliphatic heterocycles. The summed E-state index contributed by atoms with van der Waals surface area (Å²) in [5.74, 6) is -1.30. The van der Waals surface area contributed by atoms with Crippen LogP contribution in [0.15, 0.2) is 66.9 Å². The molecule has 27 heavy (non-hydrogen) atoms. The maximum atomic E-state index is 13.0. The Morgan fingerprint density at radius 2 is 1.74 bits per heavy atom. The van der Waals surface area contributed by atoms with Gasteiger partial charge in [-0.3, -0.25) is 9.78 Å². The molecule has 0 spiro atoms. The van der Waals surface area contributed by atoms with Crippen LogP contribution in [-0.2, 0) is 4.74 Å². The fourth-order valence-electron chi connectivity index (χ4n) is 2.40. The number of ether oxygens (including phenoxy) is 1. The van der Waals surface area contributed by atoms with Crippen molar-refractivity contribution in [3.63, 3.8) is 0 Å². The van der Waals surface area contributed by atoms with Crippen LogP contribution in [0, 0.1) is 5.82 Å². The van der Waals surface area contributed by atoms with Gasteiger partial charge in [-0.25, -0.2) is 9.18 Å². The first-order valence-electron chi connectivity index (χ1n) is 8.04.